The number of hydrogen-bond donors (Lipinski definition) is 1. The summed E-state index contributed by atoms with van der Waals surface area (Å²) in [6, 6.07) is 7.31. The molecule has 0 saturated heterocycles. The average molecular weight is 374 g/mol. The van der Waals surface area contributed by atoms with Crippen molar-refractivity contribution >= 4 is 37.5 Å². The van der Waals surface area contributed by atoms with Gasteiger partial charge in [-0.05, 0) is 52.7 Å². The molecule has 94 valence electrons. The first kappa shape index (κ1) is 13.5. The highest BCUT2D eigenvalue weighted by Gasteiger charge is 2.09. The molecule has 1 aromatic carbocycles. The molecule has 1 atom stereocenters. The summed E-state index contributed by atoms with van der Waals surface area (Å²) in [4.78, 5) is 3.85. The fourth-order valence-electron chi connectivity index (χ4n) is 1.59. The van der Waals surface area contributed by atoms with Crippen LogP contribution in [0.25, 0.3) is 0 Å². The van der Waals surface area contributed by atoms with E-state index >= 15 is 0 Å². The van der Waals surface area contributed by atoms with Crippen molar-refractivity contribution in [2.75, 3.05) is 5.32 Å². The Kier molecular flexibility index (Phi) is 4.35. The molecule has 1 unspecified atom stereocenters. The van der Waals surface area contributed by atoms with E-state index in [-0.39, 0.29) is 11.9 Å². The topological polar surface area (TPSA) is 24.9 Å². The Labute approximate surface area is 122 Å². The van der Waals surface area contributed by atoms with E-state index in [0.717, 1.165) is 20.2 Å². The molecule has 0 aliphatic heterocycles. The second-order valence-corrected chi connectivity index (χ2v) is 5.70. The standard InChI is InChI=1S/C13H11Br2FN2/c1-8(9-4-11(16)7-17-6-9)18-13-5-10(14)2-3-12(13)15/h2-8,18H,1H3. The van der Waals surface area contributed by atoms with Crippen LogP contribution < -0.4 is 5.32 Å². The Morgan fingerprint density at radius 2 is 2.00 bits per heavy atom. The van der Waals surface area contributed by atoms with Crippen molar-refractivity contribution in [2.45, 2.75) is 13.0 Å². The monoisotopic (exact) mass is 372 g/mol. The van der Waals surface area contributed by atoms with Crippen LogP contribution in [0, 0.1) is 5.82 Å². The molecule has 0 aliphatic carbocycles. The van der Waals surface area contributed by atoms with Crippen LogP contribution in [0.2, 0.25) is 0 Å². The lowest BCUT2D eigenvalue weighted by Gasteiger charge is -2.16. The molecular weight excluding hydrogens is 363 g/mol. The summed E-state index contributed by atoms with van der Waals surface area (Å²) >= 11 is 6.89. The SMILES string of the molecule is CC(Nc1cc(Br)ccc1Br)c1cncc(F)c1. The van der Waals surface area contributed by atoms with E-state index in [1.165, 1.54) is 12.3 Å². The van der Waals surface area contributed by atoms with Crippen LogP contribution in [-0.4, -0.2) is 4.98 Å². The minimum Gasteiger partial charge on any atom is -0.378 e. The van der Waals surface area contributed by atoms with E-state index < -0.39 is 0 Å². The lowest BCUT2D eigenvalue weighted by atomic mass is 10.1. The van der Waals surface area contributed by atoms with Gasteiger partial charge in [0.2, 0.25) is 0 Å². The minimum absolute atomic E-state index is 0.0289. The van der Waals surface area contributed by atoms with Gasteiger partial charge in [-0.25, -0.2) is 4.39 Å². The molecule has 0 bridgehead atoms. The predicted molar refractivity (Wildman–Crippen MR) is 78.1 cm³/mol. The molecule has 0 fully saturated rings. The summed E-state index contributed by atoms with van der Waals surface area (Å²) < 4.78 is 15.0. The van der Waals surface area contributed by atoms with E-state index in [1.807, 2.05) is 25.1 Å². The summed E-state index contributed by atoms with van der Waals surface area (Å²) in [5.74, 6) is -0.325. The molecule has 5 heteroatoms. The van der Waals surface area contributed by atoms with E-state index in [2.05, 4.69) is 42.2 Å². The number of aromatic nitrogens is 1. The Hall–Kier alpha value is -0.940. The van der Waals surface area contributed by atoms with E-state index in [1.54, 1.807) is 6.20 Å². The van der Waals surface area contributed by atoms with Crippen molar-refractivity contribution < 1.29 is 4.39 Å². The van der Waals surface area contributed by atoms with Gasteiger partial charge in [0.25, 0.3) is 0 Å². The Morgan fingerprint density at radius 3 is 2.72 bits per heavy atom. The van der Waals surface area contributed by atoms with E-state index in [9.17, 15) is 4.39 Å². The zero-order chi connectivity index (χ0) is 13.1. The van der Waals surface area contributed by atoms with Crippen molar-refractivity contribution in [2.24, 2.45) is 0 Å². The number of rotatable bonds is 3. The first-order valence-electron chi connectivity index (χ1n) is 5.38. The van der Waals surface area contributed by atoms with Gasteiger partial charge in [0.05, 0.1) is 17.9 Å². The fourth-order valence-corrected chi connectivity index (χ4v) is 2.31. The maximum atomic E-state index is 13.1. The first-order valence-corrected chi connectivity index (χ1v) is 6.97. The maximum Gasteiger partial charge on any atom is 0.141 e. The van der Waals surface area contributed by atoms with E-state index in [4.69, 9.17) is 0 Å². The quantitative estimate of drug-likeness (QED) is 0.825. The molecule has 0 radical (unpaired) electrons. The highest BCUT2D eigenvalue weighted by Crippen LogP contribution is 2.29. The second-order valence-electron chi connectivity index (χ2n) is 3.93. The van der Waals surface area contributed by atoms with Gasteiger partial charge in [0.1, 0.15) is 5.82 Å². The third-order valence-corrected chi connectivity index (χ3v) is 3.71. The fraction of sp³-hybridized carbons (Fsp3) is 0.154. The predicted octanol–water partition coefficient (Wildman–Crippen LogP) is 4.92. The van der Waals surface area contributed by atoms with Crippen molar-refractivity contribution in [3.63, 3.8) is 0 Å². The van der Waals surface area contributed by atoms with Gasteiger partial charge in [0.15, 0.2) is 0 Å². The lowest BCUT2D eigenvalue weighted by molar-refractivity contribution is 0.616. The van der Waals surface area contributed by atoms with Crippen LogP contribution in [0.3, 0.4) is 0 Å². The van der Waals surface area contributed by atoms with Gasteiger partial charge in [0, 0.05) is 15.1 Å². The van der Waals surface area contributed by atoms with Gasteiger partial charge >= 0.3 is 0 Å². The van der Waals surface area contributed by atoms with Gasteiger partial charge in [-0.1, -0.05) is 15.9 Å². The summed E-state index contributed by atoms with van der Waals surface area (Å²) in [6.45, 7) is 1.96. The number of benzene rings is 1. The average Bonchev–Trinajstić information content (AvgIpc) is 2.34. The lowest BCUT2D eigenvalue weighted by Crippen LogP contribution is -2.07. The smallest absolute Gasteiger partial charge is 0.141 e. The number of hydrogen-bond acceptors (Lipinski definition) is 2. The Morgan fingerprint density at radius 1 is 1.22 bits per heavy atom. The zero-order valence-corrected chi connectivity index (χ0v) is 12.8. The summed E-state index contributed by atoms with van der Waals surface area (Å²) in [5, 5.41) is 3.31. The zero-order valence-electron chi connectivity index (χ0n) is 9.62. The van der Waals surface area contributed by atoms with Crippen molar-refractivity contribution in [3.8, 4) is 0 Å². The van der Waals surface area contributed by atoms with E-state index in [0.29, 0.717) is 0 Å². The van der Waals surface area contributed by atoms with Gasteiger partial charge in [-0.15, -0.1) is 0 Å². The normalized spacial score (nSPS) is 12.2. The molecule has 18 heavy (non-hydrogen) atoms. The summed E-state index contributed by atoms with van der Waals surface area (Å²) in [7, 11) is 0. The number of nitrogens with one attached hydrogen (secondary N) is 1. The molecule has 2 aromatic rings. The van der Waals surface area contributed by atoms with Crippen LogP contribution >= 0.6 is 31.9 Å². The largest absolute Gasteiger partial charge is 0.378 e. The highest BCUT2D eigenvalue weighted by molar-refractivity contribution is 9.11. The number of pyridine rings is 1. The van der Waals surface area contributed by atoms with Crippen LogP contribution in [0.4, 0.5) is 10.1 Å². The third kappa shape index (κ3) is 3.29. The molecular formula is C13H11Br2FN2. The number of nitrogens with zero attached hydrogens (tertiary/aromatic N) is 1. The summed E-state index contributed by atoms with van der Waals surface area (Å²) in [6.07, 6.45) is 2.86. The Balaban J connectivity index is 2.21. The number of anilines is 1. The third-order valence-electron chi connectivity index (χ3n) is 2.53. The van der Waals surface area contributed by atoms with Crippen LogP contribution in [0.5, 0.6) is 0 Å². The van der Waals surface area contributed by atoms with Crippen molar-refractivity contribution in [3.05, 3.63) is 57.0 Å². The van der Waals surface area contributed by atoms with Gasteiger partial charge in [-0.3, -0.25) is 4.98 Å². The second kappa shape index (κ2) is 5.80. The van der Waals surface area contributed by atoms with Crippen LogP contribution in [0.1, 0.15) is 18.5 Å². The van der Waals surface area contributed by atoms with Crippen molar-refractivity contribution in [1.29, 1.82) is 0 Å². The van der Waals surface area contributed by atoms with Gasteiger partial charge < -0.3 is 5.32 Å². The van der Waals surface area contributed by atoms with Crippen molar-refractivity contribution in [1.82, 2.24) is 4.98 Å². The summed E-state index contributed by atoms with van der Waals surface area (Å²) in [5.41, 5.74) is 1.75. The van der Waals surface area contributed by atoms with Crippen LogP contribution in [-0.2, 0) is 0 Å². The molecule has 1 aromatic heterocycles. The van der Waals surface area contributed by atoms with Gasteiger partial charge in [-0.2, -0.15) is 0 Å². The minimum atomic E-state index is -0.325. The van der Waals surface area contributed by atoms with Crippen LogP contribution in [0.15, 0.2) is 45.6 Å². The maximum absolute atomic E-state index is 13.1. The molecule has 0 amide bonds. The molecule has 1 N–H and O–H groups in total. The molecule has 0 spiro atoms. The molecule has 0 saturated carbocycles. The Bertz CT molecular complexity index is 560. The molecule has 2 nitrogen and oxygen atoms in total. The molecule has 2 rings (SSSR count). The molecule has 0 aliphatic rings. The number of halogens is 3. The highest BCUT2D eigenvalue weighted by atomic mass is 79.9. The first-order chi connectivity index (χ1) is 8.56. The molecule has 1 heterocycles.